The maximum Gasteiger partial charge on any atom is 0.229 e. The summed E-state index contributed by atoms with van der Waals surface area (Å²) in [4.78, 5) is 26.9. The van der Waals surface area contributed by atoms with Crippen LogP contribution in [0.15, 0.2) is 48.5 Å². The Hall–Kier alpha value is -2.82. The second-order valence-corrected chi connectivity index (χ2v) is 7.81. The first-order valence-corrected chi connectivity index (χ1v) is 9.82. The Morgan fingerprint density at radius 3 is 2.39 bits per heavy atom. The number of benzene rings is 2. The molecule has 1 aliphatic heterocycles. The van der Waals surface area contributed by atoms with Crippen LogP contribution in [0.1, 0.15) is 45.6 Å². The normalized spacial score (nSPS) is 16.7. The molecule has 1 heterocycles. The van der Waals surface area contributed by atoms with Gasteiger partial charge < -0.3 is 15.0 Å². The summed E-state index contributed by atoms with van der Waals surface area (Å²) in [7, 11) is 0. The summed E-state index contributed by atoms with van der Waals surface area (Å²) in [5, 5.41) is 2.94. The highest BCUT2D eigenvalue weighted by molar-refractivity contribution is 6.04. The summed E-state index contributed by atoms with van der Waals surface area (Å²) in [6, 6.07) is 15.3. The number of ether oxygens (including phenoxy) is 1. The van der Waals surface area contributed by atoms with Gasteiger partial charge in [-0.3, -0.25) is 9.59 Å². The predicted molar refractivity (Wildman–Crippen MR) is 112 cm³/mol. The zero-order chi connectivity index (χ0) is 20.3. The number of carbonyl (C=O) groups is 2. The molecule has 1 atom stereocenters. The summed E-state index contributed by atoms with van der Waals surface area (Å²) >= 11 is 0. The Bertz CT molecular complexity index is 843. The molecule has 2 aromatic rings. The zero-order valence-corrected chi connectivity index (χ0v) is 16.9. The quantitative estimate of drug-likeness (QED) is 0.797. The van der Waals surface area contributed by atoms with Gasteiger partial charge in [-0.05, 0) is 49.6 Å². The maximum atomic E-state index is 12.7. The molecule has 5 nitrogen and oxygen atoms in total. The van der Waals surface area contributed by atoms with Crippen molar-refractivity contribution in [3.05, 3.63) is 54.1 Å². The van der Waals surface area contributed by atoms with Crippen molar-refractivity contribution in [2.45, 2.75) is 46.1 Å². The molecule has 28 heavy (non-hydrogen) atoms. The molecule has 0 spiro atoms. The van der Waals surface area contributed by atoms with Gasteiger partial charge in [0.1, 0.15) is 5.75 Å². The Kier molecular flexibility index (Phi) is 6.02. The highest BCUT2D eigenvalue weighted by Gasteiger charge is 2.36. The maximum absolute atomic E-state index is 12.7. The van der Waals surface area contributed by atoms with Crippen molar-refractivity contribution < 1.29 is 14.3 Å². The third-order valence-electron chi connectivity index (χ3n) is 4.86. The molecular weight excluding hydrogens is 352 g/mol. The number of nitrogens with one attached hydrogen (secondary N) is 1. The molecule has 1 unspecified atom stereocenters. The molecule has 2 aromatic carbocycles. The van der Waals surface area contributed by atoms with E-state index in [9.17, 15) is 9.59 Å². The van der Waals surface area contributed by atoms with Gasteiger partial charge in [0.15, 0.2) is 0 Å². The van der Waals surface area contributed by atoms with Crippen LogP contribution < -0.4 is 15.0 Å². The standard InChI is InChI=1S/C23H28N2O3/c1-15(2)17-9-11-19(12-10-17)24-23(27)18-13-22(26)25(14-18)20-7-5-6-8-21(20)28-16(3)4/h5-12,15-16,18H,13-14H2,1-4H3,(H,24,27). The molecule has 5 heteroatoms. The van der Waals surface area contributed by atoms with Gasteiger partial charge in [-0.15, -0.1) is 0 Å². The topological polar surface area (TPSA) is 58.6 Å². The van der Waals surface area contributed by atoms with Crippen molar-refractivity contribution in [2.75, 3.05) is 16.8 Å². The lowest BCUT2D eigenvalue weighted by Gasteiger charge is -2.21. The van der Waals surface area contributed by atoms with Crippen molar-refractivity contribution in [2.24, 2.45) is 5.92 Å². The molecule has 1 saturated heterocycles. The van der Waals surface area contributed by atoms with E-state index >= 15 is 0 Å². The monoisotopic (exact) mass is 380 g/mol. The minimum atomic E-state index is -0.385. The van der Waals surface area contributed by atoms with Crippen LogP contribution in [0.2, 0.25) is 0 Å². The predicted octanol–water partition coefficient (Wildman–Crippen LogP) is 4.59. The number of amides is 2. The Balaban J connectivity index is 1.69. The van der Waals surface area contributed by atoms with Crippen LogP contribution in [0.3, 0.4) is 0 Å². The SMILES string of the molecule is CC(C)Oc1ccccc1N1CC(C(=O)Nc2ccc(C(C)C)cc2)CC1=O. The first-order valence-electron chi connectivity index (χ1n) is 9.82. The lowest BCUT2D eigenvalue weighted by Crippen LogP contribution is -2.28. The molecule has 1 fully saturated rings. The van der Waals surface area contributed by atoms with E-state index in [2.05, 4.69) is 19.2 Å². The van der Waals surface area contributed by atoms with Crippen molar-refractivity contribution in [3.63, 3.8) is 0 Å². The van der Waals surface area contributed by atoms with Crippen LogP contribution in [-0.4, -0.2) is 24.5 Å². The zero-order valence-electron chi connectivity index (χ0n) is 16.9. The van der Waals surface area contributed by atoms with Crippen LogP contribution in [-0.2, 0) is 9.59 Å². The van der Waals surface area contributed by atoms with Gasteiger partial charge in [0.05, 0.1) is 17.7 Å². The third kappa shape index (κ3) is 4.53. The summed E-state index contributed by atoms with van der Waals surface area (Å²) in [5.41, 5.74) is 2.70. The minimum Gasteiger partial charge on any atom is -0.489 e. The van der Waals surface area contributed by atoms with E-state index in [-0.39, 0.29) is 30.3 Å². The van der Waals surface area contributed by atoms with Gasteiger partial charge in [0, 0.05) is 18.7 Å². The van der Waals surface area contributed by atoms with Gasteiger partial charge in [0.2, 0.25) is 11.8 Å². The van der Waals surface area contributed by atoms with Crippen LogP contribution >= 0.6 is 0 Å². The van der Waals surface area contributed by atoms with Crippen molar-refractivity contribution in [3.8, 4) is 5.75 Å². The lowest BCUT2D eigenvalue weighted by atomic mass is 10.0. The summed E-state index contributed by atoms with van der Waals surface area (Å²) in [6.07, 6.45) is 0.207. The number of hydrogen-bond acceptors (Lipinski definition) is 3. The van der Waals surface area contributed by atoms with Crippen LogP contribution in [0.25, 0.3) is 0 Å². The Morgan fingerprint density at radius 1 is 1.07 bits per heavy atom. The number of para-hydroxylation sites is 2. The van der Waals surface area contributed by atoms with Crippen LogP contribution in [0.4, 0.5) is 11.4 Å². The second kappa shape index (κ2) is 8.46. The first kappa shape index (κ1) is 19.9. The summed E-state index contributed by atoms with van der Waals surface area (Å²) in [5.74, 6) is 0.532. The first-order chi connectivity index (χ1) is 13.3. The number of rotatable bonds is 6. The fourth-order valence-corrected chi connectivity index (χ4v) is 3.35. The van der Waals surface area contributed by atoms with Crippen molar-refractivity contribution in [1.29, 1.82) is 0 Å². The highest BCUT2D eigenvalue weighted by atomic mass is 16.5. The highest BCUT2D eigenvalue weighted by Crippen LogP contribution is 2.34. The average molecular weight is 380 g/mol. The molecular formula is C23H28N2O3. The molecule has 1 N–H and O–H groups in total. The van der Waals surface area contributed by atoms with Crippen LogP contribution in [0.5, 0.6) is 5.75 Å². The summed E-state index contributed by atoms with van der Waals surface area (Å²) in [6.45, 7) is 8.51. The Morgan fingerprint density at radius 2 is 1.75 bits per heavy atom. The van der Waals surface area contributed by atoms with Gasteiger partial charge in [0.25, 0.3) is 0 Å². The molecule has 0 aliphatic carbocycles. The van der Waals surface area contributed by atoms with E-state index in [1.54, 1.807) is 4.90 Å². The van der Waals surface area contributed by atoms with Gasteiger partial charge in [-0.1, -0.05) is 38.1 Å². The van der Waals surface area contributed by atoms with E-state index in [0.717, 1.165) is 11.4 Å². The second-order valence-electron chi connectivity index (χ2n) is 7.81. The fraction of sp³-hybridized carbons (Fsp3) is 0.391. The van der Waals surface area contributed by atoms with Gasteiger partial charge >= 0.3 is 0 Å². The smallest absolute Gasteiger partial charge is 0.229 e. The fourth-order valence-electron chi connectivity index (χ4n) is 3.35. The molecule has 148 valence electrons. The minimum absolute atomic E-state index is 0.00626. The van der Waals surface area contributed by atoms with E-state index < -0.39 is 0 Å². The largest absolute Gasteiger partial charge is 0.489 e. The van der Waals surface area contributed by atoms with Crippen molar-refractivity contribution >= 4 is 23.2 Å². The number of anilines is 2. The van der Waals surface area contributed by atoms with Gasteiger partial charge in [-0.25, -0.2) is 0 Å². The lowest BCUT2D eigenvalue weighted by molar-refractivity contribution is -0.122. The van der Waals surface area contributed by atoms with Gasteiger partial charge in [-0.2, -0.15) is 0 Å². The van der Waals surface area contributed by atoms with E-state index in [1.165, 1.54) is 5.56 Å². The Labute approximate surface area is 166 Å². The molecule has 0 saturated carbocycles. The number of hydrogen-bond donors (Lipinski definition) is 1. The molecule has 0 bridgehead atoms. The van der Waals surface area contributed by atoms with Crippen LogP contribution in [0, 0.1) is 5.92 Å². The third-order valence-corrected chi connectivity index (χ3v) is 4.86. The van der Waals surface area contributed by atoms with Crippen molar-refractivity contribution in [1.82, 2.24) is 0 Å². The van der Waals surface area contributed by atoms with E-state index in [0.29, 0.717) is 18.2 Å². The molecule has 3 rings (SSSR count). The average Bonchev–Trinajstić information content (AvgIpc) is 3.04. The summed E-state index contributed by atoms with van der Waals surface area (Å²) < 4.78 is 5.83. The molecule has 0 radical (unpaired) electrons. The molecule has 2 amide bonds. The molecule has 1 aliphatic rings. The molecule has 0 aromatic heterocycles. The van der Waals surface area contributed by atoms with E-state index in [4.69, 9.17) is 4.74 Å². The number of carbonyl (C=O) groups excluding carboxylic acids is 2. The van der Waals surface area contributed by atoms with E-state index in [1.807, 2.05) is 62.4 Å². The number of nitrogens with zero attached hydrogens (tertiary/aromatic N) is 1.